The van der Waals surface area contributed by atoms with Crippen LogP contribution in [0.25, 0.3) is 0 Å². The van der Waals surface area contributed by atoms with Crippen molar-refractivity contribution >= 4 is 23.4 Å². The Morgan fingerprint density at radius 3 is 2.76 bits per heavy atom. The molecule has 0 aromatic heterocycles. The van der Waals surface area contributed by atoms with Gasteiger partial charge in [0.2, 0.25) is 12.0 Å². The van der Waals surface area contributed by atoms with Crippen molar-refractivity contribution in [3.63, 3.8) is 0 Å². The summed E-state index contributed by atoms with van der Waals surface area (Å²) in [6.07, 6.45) is 2.00. The fraction of sp³-hybridized carbons (Fsp3) is 0.385. The molecule has 0 fully saturated rings. The third-order valence-electron chi connectivity index (χ3n) is 3.21. The summed E-state index contributed by atoms with van der Waals surface area (Å²) in [5, 5.41) is 0. The number of hydrogen-bond acceptors (Lipinski definition) is 3. The van der Waals surface area contributed by atoms with Crippen LogP contribution in [0.3, 0.4) is 0 Å². The number of carbonyl (C=O) groups is 1. The van der Waals surface area contributed by atoms with Crippen LogP contribution in [0.2, 0.25) is 0 Å². The van der Waals surface area contributed by atoms with Crippen molar-refractivity contribution in [1.82, 2.24) is 0 Å². The van der Waals surface area contributed by atoms with Crippen molar-refractivity contribution < 1.29 is 9.59 Å². The molecule has 0 saturated heterocycles. The zero-order valence-corrected chi connectivity index (χ0v) is 10.2. The third kappa shape index (κ3) is 1.87. The maximum atomic E-state index is 11.8. The first-order valence-electron chi connectivity index (χ1n) is 5.45. The lowest BCUT2D eigenvalue weighted by Gasteiger charge is -2.36. The maximum Gasteiger partial charge on any atom is 0.240 e. The van der Waals surface area contributed by atoms with Gasteiger partial charge >= 0.3 is 0 Å². The molecule has 17 heavy (non-hydrogen) atoms. The highest BCUT2D eigenvalue weighted by molar-refractivity contribution is 5.97. The standard InChI is InChI=1S/C13H14N2O2/c1-13(2)7-12(17)15(3)11-5-4-9(14-8-16)6-10(11)13/h4-6H,7H2,1-3H3. The molecule has 0 aliphatic carbocycles. The van der Waals surface area contributed by atoms with Crippen LogP contribution in [0.4, 0.5) is 11.4 Å². The summed E-state index contributed by atoms with van der Waals surface area (Å²) in [5.41, 5.74) is 2.27. The van der Waals surface area contributed by atoms with Crippen molar-refractivity contribution in [2.24, 2.45) is 4.99 Å². The first-order valence-corrected chi connectivity index (χ1v) is 5.45. The van der Waals surface area contributed by atoms with E-state index >= 15 is 0 Å². The third-order valence-corrected chi connectivity index (χ3v) is 3.21. The van der Waals surface area contributed by atoms with Crippen molar-refractivity contribution in [2.75, 3.05) is 11.9 Å². The number of anilines is 1. The zero-order chi connectivity index (χ0) is 12.6. The van der Waals surface area contributed by atoms with Crippen molar-refractivity contribution in [2.45, 2.75) is 25.7 Å². The molecule has 0 atom stereocenters. The molecule has 1 aromatic carbocycles. The van der Waals surface area contributed by atoms with Gasteiger partial charge in [0, 0.05) is 24.6 Å². The van der Waals surface area contributed by atoms with E-state index in [1.165, 1.54) is 6.08 Å². The summed E-state index contributed by atoms with van der Waals surface area (Å²) in [6, 6.07) is 5.39. The fourth-order valence-electron chi connectivity index (χ4n) is 2.21. The van der Waals surface area contributed by atoms with Gasteiger partial charge < -0.3 is 4.90 Å². The molecule has 4 heteroatoms. The van der Waals surface area contributed by atoms with Gasteiger partial charge in [0.15, 0.2) is 0 Å². The number of nitrogens with zero attached hydrogens (tertiary/aromatic N) is 2. The molecule has 1 aliphatic heterocycles. The summed E-state index contributed by atoms with van der Waals surface area (Å²) in [6.45, 7) is 4.04. The number of isocyanates is 1. The van der Waals surface area contributed by atoms with Crippen molar-refractivity contribution in [1.29, 1.82) is 0 Å². The first-order chi connectivity index (χ1) is 7.95. The van der Waals surface area contributed by atoms with Gasteiger partial charge in [-0.15, -0.1) is 0 Å². The van der Waals surface area contributed by atoms with Gasteiger partial charge in [0.1, 0.15) is 0 Å². The minimum absolute atomic E-state index is 0.106. The molecular formula is C13H14N2O2. The molecular weight excluding hydrogens is 216 g/mol. The molecule has 0 unspecified atom stereocenters. The second-order valence-electron chi connectivity index (χ2n) is 4.92. The molecule has 0 N–H and O–H groups in total. The van der Waals surface area contributed by atoms with Crippen molar-refractivity contribution in [3.05, 3.63) is 23.8 Å². The lowest BCUT2D eigenvalue weighted by atomic mass is 9.77. The highest BCUT2D eigenvalue weighted by atomic mass is 16.2. The van der Waals surface area contributed by atoms with Crippen LogP contribution in [0.1, 0.15) is 25.8 Å². The zero-order valence-electron chi connectivity index (χ0n) is 10.2. The molecule has 88 valence electrons. The van der Waals surface area contributed by atoms with E-state index in [0.29, 0.717) is 12.1 Å². The molecule has 1 aliphatic rings. The Kier molecular flexibility index (Phi) is 2.60. The largest absolute Gasteiger partial charge is 0.315 e. The lowest BCUT2D eigenvalue weighted by Crippen LogP contribution is -2.39. The smallest absolute Gasteiger partial charge is 0.240 e. The van der Waals surface area contributed by atoms with Crippen LogP contribution in [-0.4, -0.2) is 19.0 Å². The number of rotatable bonds is 1. The Balaban J connectivity index is 2.62. The summed E-state index contributed by atoms with van der Waals surface area (Å²) in [5.74, 6) is 0.106. The summed E-state index contributed by atoms with van der Waals surface area (Å²) in [4.78, 5) is 27.4. The SMILES string of the molecule is CN1C(=O)CC(C)(C)c2cc(N=C=O)ccc21. The molecule has 4 nitrogen and oxygen atoms in total. The molecule has 0 spiro atoms. The summed E-state index contributed by atoms with van der Waals surface area (Å²) >= 11 is 0. The van der Waals surface area contributed by atoms with Crippen LogP contribution in [-0.2, 0) is 15.0 Å². The Labute approximate surface area is 100.0 Å². The molecule has 2 rings (SSSR count). The summed E-state index contributed by atoms with van der Waals surface area (Å²) < 4.78 is 0. The number of hydrogen-bond donors (Lipinski definition) is 0. The Morgan fingerprint density at radius 1 is 1.41 bits per heavy atom. The number of carbonyl (C=O) groups excluding carboxylic acids is 2. The van der Waals surface area contributed by atoms with Gasteiger partial charge in [-0.1, -0.05) is 13.8 Å². The molecule has 1 aromatic rings. The number of aliphatic imine (C=N–C) groups is 1. The van der Waals surface area contributed by atoms with E-state index in [1.807, 2.05) is 26.0 Å². The quantitative estimate of drug-likeness (QED) is 0.549. The van der Waals surface area contributed by atoms with E-state index in [0.717, 1.165) is 11.3 Å². The predicted molar refractivity (Wildman–Crippen MR) is 65.3 cm³/mol. The first kappa shape index (κ1) is 11.6. The van der Waals surface area contributed by atoms with E-state index in [-0.39, 0.29) is 11.3 Å². The average Bonchev–Trinajstić information content (AvgIpc) is 2.26. The molecule has 0 bridgehead atoms. The highest BCUT2D eigenvalue weighted by Crippen LogP contribution is 2.41. The average molecular weight is 230 g/mol. The second-order valence-corrected chi connectivity index (χ2v) is 4.92. The van der Waals surface area contributed by atoms with Gasteiger partial charge in [0.25, 0.3) is 0 Å². The van der Waals surface area contributed by atoms with Gasteiger partial charge in [-0.05, 0) is 23.8 Å². The van der Waals surface area contributed by atoms with E-state index < -0.39 is 0 Å². The number of benzene rings is 1. The second kappa shape index (κ2) is 3.82. The van der Waals surface area contributed by atoms with E-state index in [1.54, 1.807) is 18.0 Å². The molecule has 0 saturated carbocycles. The highest BCUT2D eigenvalue weighted by Gasteiger charge is 2.35. The Morgan fingerprint density at radius 2 is 2.12 bits per heavy atom. The lowest BCUT2D eigenvalue weighted by molar-refractivity contribution is -0.119. The number of amides is 1. The van der Waals surface area contributed by atoms with Crippen molar-refractivity contribution in [3.8, 4) is 0 Å². The monoisotopic (exact) mass is 230 g/mol. The Bertz CT molecular complexity index is 528. The predicted octanol–water partition coefficient (Wildman–Crippen LogP) is 2.30. The normalized spacial score (nSPS) is 17.4. The van der Waals surface area contributed by atoms with Crippen LogP contribution < -0.4 is 4.90 Å². The minimum atomic E-state index is -0.229. The van der Waals surface area contributed by atoms with Crippen LogP contribution in [0.15, 0.2) is 23.2 Å². The van der Waals surface area contributed by atoms with Gasteiger partial charge in [-0.3, -0.25) is 4.79 Å². The summed E-state index contributed by atoms with van der Waals surface area (Å²) in [7, 11) is 1.76. The minimum Gasteiger partial charge on any atom is -0.315 e. The van der Waals surface area contributed by atoms with E-state index in [2.05, 4.69) is 4.99 Å². The molecule has 0 radical (unpaired) electrons. The topological polar surface area (TPSA) is 49.7 Å². The van der Waals surface area contributed by atoms with Gasteiger partial charge in [-0.25, -0.2) is 4.79 Å². The van der Waals surface area contributed by atoms with Crippen LogP contribution in [0.5, 0.6) is 0 Å². The van der Waals surface area contributed by atoms with Crippen LogP contribution >= 0.6 is 0 Å². The molecule has 1 heterocycles. The fourth-order valence-corrected chi connectivity index (χ4v) is 2.21. The Hall–Kier alpha value is -1.93. The van der Waals surface area contributed by atoms with Crippen LogP contribution in [0, 0.1) is 0 Å². The van der Waals surface area contributed by atoms with Gasteiger partial charge in [0.05, 0.1) is 5.69 Å². The van der Waals surface area contributed by atoms with E-state index in [9.17, 15) is 9.59 Å². The number of fused-ring (bicyclic) bond motifs is 1. The maximum absolute atomic E-state index is 11.8. The molecule has 1 amide bonds. The van der Waals surface area contributed by atoms with E-state index in [4.69, 9.17) is 0 Å². The van der Waals surface area contributed by atoms with Gasteiger partial charge in [-0.2, -0.15) is 4.99 Å².